The maximum absolute atomic E-state index is 13.0. The molecule has 9 heteroatoms. The zero-order valence-electron chi connectivity index (χ0n) is 15.2. The van der Waals surface area contributed by atoms with E-state index in [1.807, 2.05) is 0 Å². The molecule has 2 aliphatic rings. The Labute approximate surface area is 156 Å². The van der Waals surface area contributed by atoms with Gasteiger partial charge in [-0.3, -0.25) is 4.79 Å². The predicted octanol–water partition coefficient (Wildman–Crippen LogP) is 1.41. The minimum absolute atomic E-state index is 0.112. The number of piperazine rings is 1. The van der Waals surface area contributed by atoms with Crippen LogP contribution in [0.25, 0.3) is 0 Å². The fourth-order valence-corrected chi connectivity index (χ4v) is 3.25. The molecule has 27 heavy (non-hydrogen) atoms. The molecule has 2 aliphatic heterocycles. The summed E-state index contributed by atoms with van der Waals surface area (Å²) in [4.78, 5) is 41.1. The van der Waals surface area contributed by atoms with E-state index in [1.54, 1.807) is 33.8 Å². The SMILES string of the molecule is CCOC(=O)N1CCN(C(=O)N[C@H]2CC(=O)N(c3ccc(F)cc3)C2)CC1. The minimum Gasteiger partial charge on any atom is -0.450 e. The summed E-state index contributed by atoms with van der Waals surface area (Å²) in [6.45, 7) is 4.06. The first kappa shape index (κ1) is 18.9. The molecular weight excluding hydrogens is 355 g/mol. The zero-order valence-corrected chi connectivity index (χ0v) is 15.2. The first-order chi connectivity index (χ1) is 13.0. The molecule has 1 atom stereocenters. The monoisotopic (exact) mass is 378 g/mol. The number of hydrogen-bond donors (Lipinski definition) is 1. The lowest BCUT2D eigenvalue weighted by Gasteiger charge is -2.34. The zero-order chi connectivity index (χ0) is 19.4. The van der Waals surface area contributed by atoms with Crippen molar-refractivity contribution < 1.29 is 23.5 Å². The molecule has 1 N–H and O–H groups in total. The van der Waals surface area contributed by atoms with Crippen molar-refractivity contribution in [1.82, 2.24) is 15.1 Å². The van der Waals surface area contributed by atoms with E-state index >= 15 is 0 Å². The number of carbonyl (C=O) groups is 3. The van der Waals surface area contributed by atoms with Gasteiger partial charge in [0.2, 0.25) is 5.91 Å². The van der Waals surface area contributed by atoms with Crippen LogP contribution in [0.3, 0.4) is 0 Å². The molecule has 0 unspecified atom stereocenters. The molecule has 0 bridgehead atoms. The van der Waals surface area contributed by atoms with Crippen LogP contribution >= 0.6 is 0 Å². The van der Waals surface area contributed by atoms with Gasteiger partial charge in [0, 0.05) is 44.8 Å². The van der Waals surface area contributed by atoms with Crippen molar-refractivity contribution in [2.75, 3.05) is 44.2 Å². The molecule has 2 heterocycles. The number of nitrogens with zero attached hydrogens (tertiary/aromatic N) is 3. The van der Waals surface area contributed by atoms with Crippen LogP contribution in [-0.4, -0.2) is 73.2 Å². The maximum Gasteiger partial charge on any atom is 0.409 e. The summed E-state index contributed by atoms with van der Waals surface area (Å²) in [6, 6.07) is 5.14. The second kappa shape index (κ2) is 8.24. The molecule has 3 rings (SSSR count). The fourth-order valence-electron chi connectivity index (χ4n) is 3.25. The smallest absolute Gasteiger partial charge is 0.409 e. The Bertz CT molecular complexity index is 704. The van der Waals surface area contributed by atoms with Crippen molar-refractivity contribution in [3.63, 3.8) is 0 Å². The van der Waals surface area contributed by atoms with E-state index in [0.717, 1.165) is 0 Å². The molecule has 2 fully saturated rings. The van der Waals surface area contributed by atoms with Gasteiger partial charge in [0.25, 0.3) is 0 Å². The lowest BCUT2D eigenvalue weighted by atomic mass is 10.2. The summed E-state index contributed by atoms with van der Waals surface area (Å²) in [7, 11) is 0. The van der Waals surface area contributed by atoms with Crippen LogP contribution in [0.4, 0.5) is 19.7 Å². The van der Waals surface area contributed by atoms with Crippen LogP contribution in [0.2, 0.25) is 0 Å². The summed E-state index contributed by atoms with van der Waals surface area (Å²) in [5.41, 5.74) is 0.612. The van der Waals surface area contributed by atoms with Crippen molar-refractivity contribution in [1.29, 1.82) is 0 Å². The molecule has 146 valence electrons. The summed E-state index contributed by atoms with van der Waals surface area (Å²) in [6.07, 6.45) is -0.166. The second-order valence-corrected chi connectivity index (χ2v) is 6.50. The van der Waals surface area contributed by atoms with E-state index in [2.05, 4.69) is 5.32 Å². The molecule has 1 aromatic carbocycles. The highest BCUT2D eigenvalue weighted by Gasteiger charge is 2.33. The molecule has 0 spiro atoms. The van der Waals surface area contributed by atoms with Crippen molar-refractivity contribution in [3.8, 4) is 0 Å². The van der Waals surface area contributed by atoms with Crippen LogP contribution in [0.5, 0.6) is 0 Å². The Morgan fingerprint density at radius 1 is 1.15 bits per heavy atom. The molecule has 0 aromatic heterocycles. The minimum atomic E-state index is -0.367. The first-order valence-corrected chi connectivity index (χ1v) is 9.01. The van der Waals surface area contributed by atoms with Crippen LogP contribution in [0.1, 0.15) is 13.3 Å². The number of hydrogen-bond acceptors (Lipinski definition) is 4. The van der Waals surface area contributed by atoms with Gasteiger partial charge in [0.15, 0.2) is 0 Å². The Morgan fingerprint density at radius 2 is 1.78 bits per heavy atom. The number of halogens is 1. The second-order valence-electron chi connectivity index (χ2n) is 6.50. The highest BCUT2D eigenvalue weighted by Crippen LogP contribution is 2.22. The summed E-state index contributed by atoms with van der Waals surface area (Å²) in [5.74, 6) is -0.476. The van der Waals surface area contributed by atoms with Crippen molar-refractivity contribution in [2.24, 2.45) is 0 Å². The third-order valence-corrected chi connectivity index (χ3v) is 4.68. The lowest BCUT2D eigenvalue weighted by Crippen LogP contribution is -2.54. The normalized spacial score (nSPS) is 20.0. The van der Waals surface area contributed by atoms with E-state index in [0.29, 0.717) is 45.0 Å². The van der Waals surface area contributed by atoms with E-state index in [-0.39, 0.29) is 36.3 Å². The van der Waals surface area contributed by atoms with Gasteiger partial charge in [-0.1, -0.05) is 0 Å². The lowest BCUT2D eigenvalue weighted by molar-refractivity contribution is -0.117. The maximum atomic E-state index is 13.0. The average Bonchev–Trinajstić information content (AvgIpc) is 3.02. The van der Waals surface area contributed by atoms with Crippen LogP contribution in [-0.2, 0) is 9.53 Å². The molecule has 0 radical (unpaired) electrons. The largest absolute Gasteiger partial charge is 0.450 e. The number of carbonyl (C=O) groups excluding carboxylic acids is 3. The number of benzene rings is 1. The van der Waals surface area contributed by atoms with Gasteiger partial charge in [0.1, 0.15) is 5.82 Å². The number of anilines is 1. The standard InChI is InChI=1S/C18H23FN4O4/c1-2-27-18(26)22-9-7-21(8-10-22)17(25)20-14-11-16(24)23(12-14)15-5-3-13(19)4-6-15/h3-6,14H,2,7-12H2,1H3,(H,20,25)/t14-/m0/s1. The van der Waals surface area contributed by atoms with Gasteiger partial charge in [-0.05, 0) is 31.2 Å². The van der Waals surface area contributed by atoms with Gasteiger partial charge in [-0.2, -0.15) is 0 Å². The third-order valence-electron chi connectivity index (χ3n) is 4.68. The highest BCUT2D eigenvalue weighted by atomic mass is 19.1. The number of amides is 4. The van der Waals surface area contributed by atoms with Gasteiger partial charge in [-0.25, -0.2) is 14.0 Å². The average molecular weight is 378 g/mol. The first-order valence-electron chi connectivity index (χ1n) is 9.01. The Hall–Kier alpha value is -2.84. The highest BCUT2D eigenvalue weighted by molar-refractivity contribution is 5.96. The number of rotatable bonds is 3. The Kier molecular flexibility index (Phi) is 5.78. The topological polar surface area (TPSA) is 82.2 Å². The van der Waals surface area contributed by atoms with Gasteiger partial charge in [-0.15, -0.1) is 0 Å². The summed E-state index contributed by atoms with van der Waals surface area (Å²) in [5, 5.41) is 2.88. The molecule has 8 nitrogen and oxygen atoms in total. The van der Waals surface area contributed by atoms with Gasteiger partial charge in [0.05, 0.1) is 12.6 Å². The van der Waals surface area contributed by atoms with Crippen LogP contribution in [0, 0.1) is 5.82 Å². The van der Waals surface area contributed by atoms with E-state index < -0.39 is 0 Å². The van der Waals surface area contributed by atoms with Crippen molar-refractivity contribution in [3.05, 3.63) is 30.1 Å². The molecule has 0 aliphatic carbocycles. The Morgan fingerprint density at radius 3 is 2.41 bits per heavy atom. The van der Waals surface area contributed by atoms with Gasteiger partial charge < -0.3 is 24.8 Å². The van der Waals surface area contributed by atoms with Crippen LogP contribution < -0.4 is 10.2 Å². The van der Waals surface area contributed by atoms with Gasteiger partial charge >= 0.3 is 12.1 Å². The summed E-state index contributed by atoms with van der Waals surface area (Å²) < 4.78 is 18.0. The molecular formula is C18H23FN4O4. The number of nitrogens with one attached hydrogen (secondary N) is 1. The number of urea groups is 1. The molecule has 2 saturated heterocycles. The van der Waals surface area contributed by atoms with E-state index in [1.165, 1.54) is 12.1 Å². The fraction of sp³-hybridized carbons (Fsp3) is 0.500. The predicted molar refractivity (Wildman–Crippen MR) is 95.9 cm³/mol. The van der Waals surface area contributed by atoms with Crippen molar-refractivity contribution in [2.45, 2.75) is 19.4 Å². The third kappa shape index (κ3) is 4.47. The van der Waals surface area contributed by atoms with Crippen molar-refractivity contribution >= 4 is 23.7 Å². The molecule has 4 amide bonds. The summed E-state index contributed by atoms with van der Waals surface area (Å²) >= 11 is 0. The van der Waals surface area contributed by atoms with E-state index in [9.17, 15) is 18.8 Å². The number of ether oxygens (including phenoxy) is 1. The quantitative estimate of drug-likeness (QED) is 0.862. The molecule has 1 aromatic rings. The van der Waals surface area contributed by atoms with E-state index in [4.69, 9.17) is 4.74 Å². The van der Waals surface area contributed by atoms with Crippen LogP contribution in [0.15, 0.2) is 24.3 Å². The molecule has 0 saturated carbocycles. The Balaban J connectivity index is 1.50.